The molecule has 4 nitrogen and oxygen atoms in total. The van der Waals surface area contributed by atoms with Crippen LogP contribution in [0.3, 0.4) is 0 Å². The van der Waals surface area contributed by atoms with Crippen LogP contribution in [0.15, 0.2) is 6.07 Å². The minimum atomic E-state index is -0.714. The number of hydrogen-bond donors (Lipinski definition) is 0. The zero-order valence-electron chi connectivity index (χ0n) is 8.65. The second kappa shape index (κ2) is 3.44. The molecule has 2 heterocycles. The fourth-order valence-electron chi connectivity index (χ4n) is 1.65. The van der Waals surface area contributed by atoms with Gasteiger partial charge in [-0.05, 0) is 0 Å². The number of benzene rings is 1. The molecule has 0 fully saturated rings. The van der Waals surface area contributed by atoms with Crippen LogP contribution >= 0.6 is 0 Å². The molecule has 3 rings (SSSR count). The topological polar surface area (TPSA) is 51.6 Å². The molecule has 0 amide bonds. The first-order valence-electron chi connectivity index (χ1n) is 4.72. The van der Waals surface area contributed by atoms with Gasteiger partial charge in [-0.1, -0.05) is 0 Å². The van der Waals surface area contributed by atoms with Crippen LogP contribution in [0.5, 0.6) is 0 Å². The summed E-state index contributed by atoms with van der Waals surface area (Å²) in [5, 5.41) is 0. The Morgan fingerprint density at radius 2 is 1.69 bits per heavy atom. The van der Waals surface area contributed by atoms with Crippen LogP contribution in [0.25, 0.3) is 22.3 Å². The van der Waals surface area contributed by atoms with Gasteiger partial charge < -0.3 is 0 Å². The van der Waals surface area contributed by atoms with E-state index < -0.39 is 21.0 Å². The van der Waals surface area contributed by atoms with Crippen LogP contribution in [-0.4, -0.2) is 37.4 Å². The Kier molecular flexibility index (Phi) is 2.16. The van der Waals surface area contributed by atoms with Crippen LogP contribution in [0.4, 0.5) is 4.39 Å². The third kappa shape index (κ3) is 1.34. The standard InChI is InChI=1S/C10H7FN4Te/c1-4-3-6(11)5(2)8-7(4)12-9-10(13-8)15-16-14-9/h3H,1-2H3. The quantitative estimate of drug-likeness (QED) is 0.585. The second-order valence-corrected chi connectivity index (χ2v) is 5.14. The third-order valence-corrected chi connectivity index (χ3v) is 4.00. The second-order valence-electron chi connectivity index (χ2n) is 3.63. The van der Waals surface area contributed by atoms with Crippen LogP contribution in [-0.2, 0) is 0 Å². The van der Waals surface area contributed by atoms with Crippen molar-refractivity contribution in [1.82, 2.24) is 16.4 Å². The van der Waals surface area contributed by atoms with Gasteiger partial charge in [0.25, 0.3) is 0 Å². The molecule has 0 radical (unpaired) electrons. The number of rotatable bonds is 0. The Labute approximate surface area is 101 Å². The average Bonchev–Trinajstić information content (AvgIpc) is 2.71. The summed E-state index contributed by atoms with van der Waals surface area (Å²) >= 11 is -0.714. The predicted octanol–water partition coefficient (Wildman–Crippen LogP) is 1.39. The van der Waals surface area contributed by atoms with Crippen molar-refractivity contribution in [2.75, 3.05) is 0 Å². The molecule has 80 valence electrons. The van der Waals surface area contributed by atoms with Crippen molar-refractivity contribution in [2.24, 2.45) is 0 Å². The number of aryl methyl sites for hydroxylation is 2. The van der Waals surface area contributed by atoms with Crippen molar-refractivity contribution in [1.29, 1.82) is 0 Å². The normalized spacial score (nSPS) is 11.4. The van der Waals surface area contributed by atoms with Gasteiger partial charge in [-0.3, -0.25) is 0 Å². The molecular weight excluding hydrogens is 323 g/mol. The number of aromatic nitrogens is 4. The number of hydrogen-bond acceptors (Lipinski definition) is 4. The Hall–Kier alpha value is -1.12. The summed E-state index contributed by atoms with van der Waals surface area (Å²) in [6.07, 6.45) is 0. The van der Waals surface area contributed by atoms with E-state index >= 15 is 0 Å². The maximum atomic E-state index is 13.5. The molecule has 6 heteroatoms. The van der Waals surface area contributed by atoms with E-state index in [9.17, 15) is 4.39 Å². The molecule has 0 aliphatic heterocycles. The van der Waals surface area contributed by atoms with Crippen molar-refractivity contribution in [3.05, 3.63) is 23.0 Å². The zero-order chi connectivity index (χ0) is 11.3. The van der Waals surface area contributed by atoms with Gasteiger partial charge >= 0.3 is 101 Å². The first kappa shape index (κ1) is 10.1. The fraction of sp³-hybridized carbons (Fsp3) is 0.200. The Morgan fingerprint density at radius 1 is 1.06 bits per heavy atom. The summed E-state index contributed by atoms with van der Waals surface area (Å²) in [5.74, 6) is -0.245. The molecule has 1 aromatic carbocycles. The Morgan fingerprint density at radius 3 is 2.38 bits per heavy atom. The van der Waals surface area contributed by atoms with Crippen molar-refractivity contribution in [3.8, 4) is 0 Å². The minimum absolute atomic E-state index is 0.245. The Bertz CT molecular complexity index is 707. The summed E-state index contributed by atoms with van der Waals surface area (Å²) in [4.78, 5) is 8.75. The molecule has 3 aromatic rings. The molecule has 0 saturated carbocycles. The zero-order valence-corrected chi connectivity index (χ0v) is 11.0. The van der Waals surface area contributed by atoms with Crippen molar-refractivity contribution in [3.63, 3.8) is 0 Å². The van der Waals surface area contributed by atoms with Crippen molar-refractivity contribution in [2.45, 2.75) is 13.8 Å². The van der Waals surface area contributed by atoms with Crippen LogP contribution in [0, 0.1) is 19.7 Å². The molecular formula is C10H7FN4Te. The van der Waals surface area contributed by atoms with E-state index in [4.69, 9.17) is 0 Å². The van der Waals surface area contributed by atoms with Gasteiger partial charge in [0.05, 0.1) is 0 Å². The molecule has 0 bridgehead atoms. The van der Waals surface area contributed by atoms with Gasteiger partial charge in [-0.2, -0.15) is 0 Å². The summed E-state index contributed by atoms with van der Waals surface area (Å²) in [6.45, 7) is 3.54. The van der Waals surface area contributed by atoms with Crippen LogP contribution in [0.2, 0.25) is 0 Å². The molecule has 16 heavy (non-hydrogen) atoms. The Balaban J connectivity index is 2.58. The summed E-state index contributed by atoms with van der Waals surface area (Å²) < 4.78 is 22.0. The third-order valence-electron chi connectivity index (χ3n) is 2.54. The van der Waals surface area contributed by atoms with E-state index in [1.807, 2.05) is 6.92 Å². The van der Waals surface area contributed by atoms with Crippen LogP contribution < -0.4 is 0 Å². The molecule has 0 spiro atoms. The first-order valence-corrected chi connectivity index (χ1v) is 6.81. The molecule has 0 saturated heterocycles. The van der Waals surface area contributed by atoms with Gasteiger partial charge in [-0.25, -0.2) is 0 Å². The van der Waals surface area contributed by atoms with E-state index in [-0.39, 0.29) is 5.82 Å². The maximum absolute atomic E-state index is 13.5. The molecule has 2 aromatic heterocycles. The van der Waals surface area contributed by atoms with Gasteiger partial charge in [0.1, 0.15) is 0 Å². The summed E-state index contributed by atoms with van der Waals surface area (Å²) in [5.41, 5.74) is 3.83. The monoisotopic (exact) mass is 332 g/mol. The summed E-state index contributed by atoms with van der Waals surface area (Å²) in [6, 6.07) is 1.49. The fourth-order valence-corrected chi connectivity index (χ4v) is 2.91. The molecule has 0 unspecified atom stereocenters. The summed E-state index contributed by atoms with van der Waals surface area (Å²) in [7, 11) is 0. The van der Waals surface area contributed by atoms with Crippen molar-refractivity contribution < 1.29 is 4.39 Å². The van der Waals surface area contributed by atoms with E-state index in [0.29, 0.717) is 22.4 Å². The molecule has 0 aliphatic carbocycles. The van der Waals surface area contributed by atoms with Gasteiger partial charge in [0.15, 0.2) is 0 Å². The van der Waals surface area contributed by atoms with Crippen LogP contribution in [0.1, 0.15) is 11.1 Å². The van der Waals surface area contributed by atoms with E-state index in [1.54, 1.807) is 6.92 Å². The number of halogens is 1. The van der Waals surface area contributed by atoms with Crippen molar-refractivity contribution >= 4 is 43.3 Å². The first-order chi connectivity index (χ1) is 7.66. The van der Waals surface area contributed by atoms with Gasteiger partial charge in [-0.15, -0.1) is 0 Å². The van der Waals surface area contributed by atoms with Gasteiger partial charge in [0, 0.05) is 0 Å². The van der Waals surface area contributed by atoms with E-state index in [1.165, 1.54) is 6.07 Å². The SMILES string of the molecule is Cc1cc(F)c(C)c2nc3n[te]nc3nc12. The molecule has 0 atom stereocenters. The number of nitrogens with zero attached hydrogens (tertiary/aromatic N) is 4. The van der Waals surface area contributed by atoms with Gasteiger partial charge in [0.2, 0.25) is 0 Å². The molecule has 0 aliphatic rings. The van der Waals surface area contributed by atoms with E-state index in [2.05, 4.69) is 16.4 Å². The average molecular weight is 330 g/mol. The predicted molar refractivity (Wildman–Crippen MR) is 59.0 cm³/mol. The number of fused-ring (bicyclic) bond motifs is 2. The van der Waals surface area contributed by atoms with E-state index in [0.717, 1.165) is 11.1 Å². The molecule has 0 N–H and O–H groups in total.